The average molecular weight is 253 g/mol. The van der Waals surface area contributed by atoms with Crippen LogP contribution in [-0.4, -0.2) is 50.1 Å². The highest BCUT2D eigenvalue weighted by Crippen LogP contribution is 2.21. The van der Waals surface area contributed by atoms with Gasteiger partial charge >= 0.3 is 0 Å². The third-order valence-electron chi connectivity index (χ3n) is 4.38. The third-order valence-corrected chi connectivity index (χ3v) is 4.38. The molecule has 0 spiro atoms. The molecule has 0 aromatic heterocycles. The van der Waals surface area contributed by atoms with E-state index in [1.165, 1.54) is 25.7 Å². The van der Waals surface area contributed by atoms with Crippen LogP contribution in [0.25, 0.3) is 0 Å². The molecule has 0 bridgehead atoms. The topological polar surface area (TPSA) is 44.4 Å². The first-order valence-electron chi connectivity index (χ1n) is 7.46. The Morgan fingerprint density at radius 2 is 2.06 bits per heavy atom. The largest absolute Gasteiger partial charge is 0.355 e. The Morgan fingerprint density at radius 1 is 1.28 bits per heavy atom. The number of hydrogen-bond donors (Lipinski definition) is 2. The van der Waals surface area contributed by atoms with E-state index in [4.69, 9.17) is 0 Å². The van der Waals surface area contributed by atoms with Crippen LogP contribution in [0.2, 0.25) is 0 Å². The van der Waals surface area contributed by atoms with Crippen molar-refractivity contribution in [2.75, 3.05) is 33.2 Å². The smallest absolute Gasteiger partial charge is 0.224 e. The highest BCUT2D eigenvalue weighted by atomic mass is 16.1. The van der Waals surface area contributed by atoms with Gasteiger partial charge in [-0.05, 0) is 39.3 Å². The Hall–Kier alpha value is -0.610. The van der Waals surface area contributed by atoms with Gasteiger partial charge in [0.05, 0.1) is 5.92 Å². The van der Waals surface area contributed by atoms with E-state index in [1.54, 1.807) is 0 Å². The molecule has 0 aromatic carbocycles. The normalized spacial score (nSPS) is 25.6. The van der Waals surface area contributed by atoms with Gasteiger partial charge in [-0.3, -0.25) is 4.79 Å². The lowest BCUT2D eigenvalue weighted by molar-refractivity contribution is -0.125. The first-order chi connectivity index (χ1) is 8.77. The lowest BCUT2D eigenvalue weighted by Crippen LogP contribution is -2.43. The molecule has 1 amide bonds. The van der Waals surface area contributed by atoms with E-state index in [-0.39, 0.29) is 11.8 Å². The van der Waals surface area contributed by atoms with Gasteiger partial charge in [0.25, 0.3) is 0 Å². The van der Waals surface area contributed by atoms with Crippen LogP contribution in [0.4, 0.5) is 0 Å². The molecule has 0 unspecified atom stereocenters. The molecule has 1 aliphatic heterocycles. The number of amides is 1. The maximum absolute atomic E-state index is 11.9. The minimum Gasteiger partial charge on any atom is -0.355 e. The molecule has 1 atom stereocenters. The highest BCUT2D eigenvalue weighted by molar-refractivity contribution is 5.78. The number of piperidine rings is 1. The molecule has 1 aliphatic carbocycles. The third kappa shape index (κ3) is 3.95. The number of nitrogens with one attached hydrogen (secondary N) is 2. The van der Waals surface area contributed by atoms with Crippen LogP contribution in [0.3, 0.4) is 0 Å². The highest BCUT2D eigenvalue weighted by Gasteiger charge is 2.22. The SMILES string of the molecule is CN(CCNC(=O)[C@H]1CCCNC1)C1CCCC1. The monoisotopic (exact) mass is 253 g/mol. The second-order valence-electron chi connectivity index (χ2n) is 5.75. The van der Waals surface area contributed by atoms with Crippen LogP contribution in [-0.2, 0) is 4.79 Å². The predicted molar refractivity (Wildman–Crippen MR) is 73.5 cm³/mol. The summed E-state index contributed by atoms with van der Waals surface area (Å²) >= 11 is 0. The van der Waals surface area contributed by atoms with Crippen molar-refractivity contribution in [2.45, 2.75) is 44.6 Å². The van der Waals surface area contributed by atoms with Crippen LogP contribution < -0.4 is 10.6 Å². The summed E-state index contributed by atoms with van der Waals surface area (Å²) in [6.07, 6.45) is 7.57. The zero-order valence-electron chi connectivity index (χ0n) is 11.6. The number of hydrogen-bond acceptors (Lipinski definition) is 3. The van der Waals surface area contributed by atoms with Gasteiger partial charge in [0, 0.05) is 25.7 Å². The Kier molecular flexibility index (Phi) is 5.45. The fourth-order valence-corrected chi connectivity index (χ4v) is 3.10. The van der Waals surface area contributed by atoms with Crippen molar-refractivity contribution in [2.24, 2.45) is 5.92 Å². The van der Waals surface area contributed by atoms with Crippen molar-refractivity contribution in [3.8, 4) is 0 Å². The van der Waals surface area contributed by atoms with Crippen molar-refractivity contribution in [1.29, 1.82) is 0 Å². The van der Waals surface area contributed by atoms with Gasteiger partial charge in [-0.25, -0.2) is 0 Å². The first kappa shape index (κ1) is 13.8. The number of carbonyl (C=O) groups excluding carboxylic acids is 1. The van der Waals surface area contributed by atoms with Crippen LogP contribution in [0.5, 0.6) is 0 Å². The summed E-state index contributed by atoms with van der Waals surface area (Å²) in [5.41, 5.74) is 0. The maximum Gasteiger partial charge on any atom is 0.224 e. The van der Waals surface area contributed by atoms with E-state index >= 15 is 0 Å². The lowest BCUT2D eigenvalue weighted by atomic mass is 9.99. The molecular formula is C14H27N3O. The summed E-state index contributed by atoms with van der Waals surface area (Å²) in [7, 11) is 2.18. The van der Waals surface area contributed by atoms with Gasteiger partial charge in [-0.2, -0.15) is 0 Å². The molecule has 2 fully saturated rings. The maximum atomic E-state index is 11.9. The molecule has 2 N–H and O–H groups in total. The summed E-state index contributed by atoms with van der Waals surface area (Å²) in [6, 6.07) is 0.748. The van der Waals surface area contributed by atoms with Gasteiger partial charge in [-0.15, -0.1) is 0 Å². The van der Waals surface area contributed by atoms with Gasteiger partial charge in [0.1, 0.15) is 0 Å². The fourth-order valence-electron chi connectivity index (χ4n) is 3.10. The summed E-state index contributed by atoms with van der Waals surface area (Å²) in [5.74, 6) is 0.428. The number of carbonyl (C=O) groups is 1. The zero-order chi connectivity index (χ0) is 12.8. The van der Waals surface area contributed by atoms with Crippen LogP contribution in [0.15, 0.2) is 0 Å². The Bertz CT molecular complexity index is 258. The Labute approximate surface area is 110 Å². The van der Waals surface area contributed by atoms with Crippen molar-refractivity contribution >= 4 is 5.91 Å². The van der Waals surface area contributed by atoms with E-state index in [9.17, 15) is 4.79 Å². The minimum absolute atomic E-state index is 0.190. The molecule has 1 saturated heterocycles. The second kappa shape index (κ2) is 7.10. The van der Waals surface area contributed by atoms with Crippen molar-refractivity contribution in [3.05, 3.63) is 0 Å². The van der Waals surface area contributed by atoms with Crippen molar-refractivity contribution in [3.63, 3.8) is 0 Å². The van der Waals surface area contributed by atoms with Crippen molar-refractivity contribution < 1.29 is 4.79 Å². The van der Waals surface area contributed by atoms with Crippen LogP contribution in [0.1, 0.15) is 38.5 Å². The standard InChI is InChI=1S/C14H27N3O/c1-17(13-6-2-3-7-13)10-9-16-14(18)12-5-4-8-15-11-12/h12-13,15H,2-11H2,1H3,(H,16,18)/t12-/m0/s1. The summed E-state index contributed by atoms with van der Waals surface area (Å²) in [5, 5.41) is 6.37. The quantitative estimate of drug-likeness (QED) is 0.767. The molecule has 4 heteroatoms. The molecule has 0 aromatic rings. The molecule has 2 rings (SSSR count). The summed E-state index contributed by atoms with van der Waals surface area (Å²) < 4.78 is 0. The fraction of sp³-hybridized carbons (Fsp3) is 0.929. The Balaban J connectivity index is 1.60. The Morgan fingerprint density at radius 3 is 2.72 bits per heavy atom. The van der Waals surface area contributed by atoms with E-state index in [0.717, 1.165) is 45.1 Å². The molecule has 18 heavy (non-hydrogen) atoms. The number of likely N-dealkylation sites (N-methyl/N-ethyl adjacent to an activating group) is 1. The predicted octanol–water partition coefficient (Wildman–Crippen LogP) is 0.977. The molecule has 104 valence electrons. The van der Waals surface area contributed by atoms with Gasteiger partial charge in [0.15, 0.2) is 0 Å². The molecule has 4 nitrogen and oxygen atoms in total. The lowest BCUT2D eigenvalue weighted by Gasteiger charge is -2.25. The summed E-state index contributed by atoms with van der Waals surface area (Å²) in [4.78, 5) is 14.3. The summed E-state index contributed by atoms with van der Waals surface area (Å²) in [6.45, 7) is 3.69. The van der Waals surface area contributed by atoms with Crippen LogP contribution in [0, 0.1) is 5.92 Å². The molecule has 1 saturated carbocycles. The van der Waals surface area contributed by atoms with Crippen LogP contribution >= 0.6 is 0 Å². The average Bonchev–Trinajstić information content (AvgIpc) is 2.93. The number of nitrogens with zero attached hydrogens (tertiary/aromatic N) is 1. The first-order valence-corrected chi connectivity index (χ1v) is 7.46. The van der Waals surface area contributed by atoms with E-state index < -0.39 is 0 Å². The van der Waals surface area contributed by atoms with Crippen molar-refractivity contribution in [1.82, 2.24) is 15.5 Å². The molecule has 0 radical (unpaired) electrons. The van der Waals surface area contributed by atoms with Gasteiger partial charge in [0.2, 0.25) is 5.91 Å². The number of rotatable bonds is 5. The van der Waals surface area contributed by atoms with Gasteiger partial charge < -0.3 is 15.5 Å². The van der Waals surface area contributed by atoms with Gasteiger partial charge in [-0.1, -0.05) is 12.8 Å². The molecular weight excluding hydrogens is 226 g/mol. The zero-order valence-corrected chi connectivity index (χ0v) is 11.6. The molecule has 1 heterocycles. The molecule has 2 aliphatic rings. The second-order valence-corrected chi connectivity index (χ2v) is 5.75. The van der Waals surface area contributed by atoms with E-state index in [1.807, 2.05) is 0 Å². The van der Waals surface area contributed by atoms with E-state index in [2.05, 4.69) is 22.6 Å². The minimum atomic E-state index is 0.190. The van der Waals surface area contributed by atoms with E-state index in [0.29, 0.717) is 0 Å².